The number of allylic oxidation sites excluding steroid dienone is 4. The largest absolute Gasteiger partial charge is 0.218 e. The molecule has 1 aliphatic rings. The molecule has 2 aromatic heterocycles. The number of hydrogen-bond acceptors (Lipinski definition) is 3. The van der Waals surface area contributed by atoms with E-state index < -0.39 is 0 Å². The van der Waals surface area contributed by atoms with E-state index in [1.54, 1.807) is 16.8 Å². The third-order valence-corrected chi connectivity index (χ3v) is 2.78. The molecule has 2 aromatic rings. The molecule has 0 saturated heterocycles. The molecule has 0 saturated carbocycles. The van der Waals surface area contributed by atoms with E-state index in [2.05, 4.69) is 28.3 Å². The van der Waals surface area contributed by atoms with Crippen LogP contribution in [0.2, 0.25) is 0 Å². The van der Waals surface area contributed by atoms with E-state index in [1.807, 2.05) is 10.7 Å². The maximum absolute atomic E-state index is 4.47. The van der Waals surface area contributed by atoms with Crippen molar-refractivity contribution in [2.75, 3.05) is 0 Å². The Morgan fingerprint density at radius 2 is 2.46 bits per heavy atom. The molecular formula is C9H7N3S. The molecule has 0 N–H and O–H groups in total. The Morgan fingerprint density at radius 1 is 1.46 bits per heavy atom. The smallest absolute Gasteiger partial charge is 0.212 e. The van der Waals surface area contributed by atoms with Crippen LogP contribution in [-0.4, -0.2) is 14.6 Å². The molecule has 0 bridgehead atoms. The van der Waals surface area contributed by atoms with Crippen LogP contribution >= 0.6 is 11.3 Å². The van der Waals surface area contributed by atoms with E-state index >= 15 is 0 Å². The van der Waals surface area contributed by atoms with Gasteiger partial charge in [-0.2, -0.15) is 5.10 Å². The van der Waals surface area contributed by atoms with Crippen LogP contribution in [0.4, 0.5) is 0 Å². The highest BCUT2D eigenvalue weighted by Gasteiger charge is 2.08. The van der Waals surface area contributed by atoms with Crippen LogP contribution in [0.15, 0.2) is 29.9 Å². The molecule has 3 rings (SSSR count). The summed E-state index contributed by atoms with van der Waals surface area (Å²) in [5.41, 5.74) is 4.12. The third kappa shape index (κ3) is 1.02. The minimum absolute atomic E-state index is 0.961. The second-order valence-electron chi connectivity index (χ2n) is 2.92. The van der Waals surface area contributed by atoms with Crippen molar-refractivity contribution in [3.63, 3.8) is 0 Å². The second-order valence-corrected chi connectivity index (χ2v) is 3.73. The lowest BCUT2D eigenvalue weighted by Gasteiger charge is -1.92. The van der Waals surface area contributed by atoms with Gasteiger partial charge in [-0.25, -0.2) is 9.50 Å². The summed E-state index contributed by atoms with van der Waals surface area (Å²) in [6.07, 6.45) is 9.27. The highest BCUT2D eigenvalue weighted by Crippen LogP contribution is 2.23. The fraction of sp³-hybridized carbons (Fsp3) is 0.111. The van der Waals surface area contributed by atoms with Crippen LogP contribution in [-0.2, 0) is 0 Å². The summed E-state index contributed by atoms with van der Waals surface area (Å²) in [4.78, 5) is 5.43. The van der Waals surface area contributed by atoms with Crippen LogP contribution < -0.4 is 0 Å². The number of rotatable bonds is 1. The van der Waals surface area contributed by atoms with E-state index in [9.17, 15) is 0 Å². The van der Waals surface area contributed by atoms with Gasteiger partial charge in [0.25, 0.3) is 0 Å². The van der Waals surface area contributed by atoms with Crippen LogP contribution in [0.1, 0.15) is 12.1 Å². The van der Waals surface area contributed by atoms with Gasteiger partial charge < -0.3 is 0 Å². The van der Waals surface area contributed by atoms with Crippen LogP contribution in [0.5, 0.6) is 0 Å². The summed E-state index contributed by atoms with van der Waals surface area (Å²) in [5, 5.41) is 4.14. The maximum Gasteiger partial charge on any atom is 0.212 e. The van der Waals surface area contributed by atoms with E-state index in [0.717, 1.165) is 17.1 Å². The predicted molar refractivity (Wildman–Crippen MR) is 52.6 cm³/mol. The first-order chi connectivity index (χ1) is 6.43. The molecule has 0 radical (unpaired) electrons. The van der Waals surface area contributed by atoms with Crippen molar-refractivity contribution >= 4 is 21.9 Å². The van der Waals surface area contributed by atoms with Crippen molar-refractivity contribution in [3.8, 4) is 0 Å². The van der Waals surface area contributed by atoms with Gasteiger partial charge in [-0.05, 0) is 12.0 Å². The summed E-state index contributed by atoms with van der Waals surface area (Å²) >= 11 is 1.56. The topological polar surface area (TPSA) is 30.2 Å². The summed E-state index contributed by atoms with van der Waals surface area (Å²) < 4.78 is 1.82. The lowest BCUT2D eigenvalue weighted by atomic mass is 10.2. The molecule has 3 nitrogen and oxygen atoms in total. The van der Waals surface area contributed by atoms with Gasteiger partial charge in [0, 0.05) is 0 Å². The standard InChI is InChI=1S/C9H7N3S/c1-2-4-7(3-1)8-5-12-9(11-8)13-6-10-12/h1-3,5-6H,4H2. The number of hydrogen-bond donors (Lipinski definition) is 0. The zero-order valence-electron chi connectivity index (χ0n) is 6.84. The van der Waals surface area contributed by atoms with Crippen molar-refractivity contribution < 1.29 is 0 Å². The van der Waals surface area contributed by atoms with Gasteiger partial charge >= 0.3 is 0 Å². The normalized spacial score (nSPS) is 15.5. The van der Waals surface area contributed by atoms with E-state index in [1.165, 1.54) is 5.57 Å². The summed E-state index contributed by atoms with van der Waals surface area (Å²) in [6, 6.07) is 0. The Balaban J connectivity index is 2.13. The van der Waals surface area contributed by atoms with Gasteiger partial charge in [0.15, 0.2) is 0 Å². The van der Waals surface area contributed by atoms with Gasteiger partial charge in [-0.1, -0.05) is 29.6 Å². The third-order valence-electron chi connectivity index (χ3n) is 2.09. The minimum Gasteiger partial charge on any atom is -0.218 e. The molecule has 0 unspecified atom stereocenters. The zero-order chi connectivity index (χ0) is 8.67. The minimum atomic E-state index is 0.961. The summed E-state index contributed by atoms with van der Waals surface area (Å²) in [6.45, 7) is 0. The van der Waals surface area contributed by atoms with Crippen LogP contribution in [0.3, 0.4) is 0 Å². The average molecular weight is 189 g/mol. The van der Waals surface area contributed by atoms with Crippen molar-refractivity contribution in [1.29, 1.82) is 0 Å². The Kier molecular flexibility index (Phi) is 1.37. The predicted octanol–water partition coefficient (Wildman–Crippen LogP) is 2.13. The summed E-state index contributed by atoms with van der Waals surface area (Å²) in [5.74, 6) is 0. The maximum atomic E-state index is 4.47. The molecule has 0 spiro atoms. The lowest BCUT2D eigenvalue weighted by molar-refractivity contribution is 0.972. The average Bonchev–Trinajstić information content (AvgIpc) is 2.78. The monoisotopic (exact) mass is 189 g/mol. The number of imidazole rings is 1. The SMILES string of the molecule is C1=CCC(c2cn3ncsc3n2)=C1. The first-order valence-electron chi connectivity index (χ1n) is 4.08. The Labute approximate surface area is 79.0 Å². The fourth-order valence-corrected chi connectivity index (χ4v) is 2.03. The molecule has 64 valence electrons. The van der Waals surface area contributed by atoms with Crippen LogP contribution in [0.25, 0.3) is 10.5 Å². The first-order valence-corrected chi connectivity index (χ1v) is 4.96. The van der Waals surface area contributed by atoms with Gasteiger partial charge in [-0.3, -0.25) is 0 Å². The Bertz CT molecular complexity index is 475. The highest BCUT2D eigenvalue weighted by molar-refractivity contribution is 7.14. The molecule has 0 aliphatic heterocycles. The lowest BCUT2D eigenvalue weighted by Crippen LogP contribution is -1.80. The molecule has 2 heterocycles. The fourth-order valence-electron chi connectivity index (χ4n) is 1.43. The second kappa shape index (κ2) is 2.53. The molecule has 4 heteroatoms. The Hall–Kier alpha value is -1.42. The van der Waals surface area contributed by atoms with Crippen molar-refractivity contribution in [3.05, 3.63) is 35.6 Å². The number of nitrogens with zero attached hydrogens (tertiary/aromatic N) is 3. The molecule has 13 heavy (non-hydrogen) atoms. The van der Waals surface area contributed by atoms with Crippen LogP contribution in [0, 0.1) is 0 Å². The van der Waals surface area contributed by atoms with Gasteiger partial charge in [0.1, 0.15) is 5.51 Å². The molecule has 1 aliphatic carbocycles. The molecule has 0 amide bonds. The zero-order valence-corrected chi connectivity index (χ0v) is 7.66. The molecule has 0 atom stereocenters. The highest BCUT2D eigenvalue weighted by atomic mass is 32.1. The van der Waals surface area contributed by atoms with Gasteiger partial charge in [0.2, 0.25) is 4.96 Å². The quantitative estimate of drug-likeness (QED) is 0.688. The molecular weight excluding hydrogens is 182 g/mol. The number of fused-ring (bicyclic) bond motifs is 1. The van der Waals surface area contributed by atoms with Crippen molar-refractivity contribution in [2.24, 2.45) is 0 Å². The molecule has 0 fully saturated rings. The van der Waals surface area contributed by atoms with Crippen molar-refractivity contribution in [2.45, 2.75) is 6.42 Å². The van der Waals surface area contributed by atoms with Gasteiger partial charge in [-0.15, -0.1) is 0 Å². The molecule has 0 aromatic carbocycles. The Morgan fingerprint density at radius 3 is 3.23 bits per heavy atom. The summed E-state index contributed by atoms with van der Waals surface area (Å²) in [7, 11) is 0. The van der Waals surface area contributed by atoms with Crippen molar-refractivity contribution in [1.82, 2.24) is 14.6 Å². The van der Waals surface area contributed by atoms with Gasteiger partial charge in [0.05, 0.1) is 11.9 Å². The number of aromatic nitrogens is 3. The van der Waals surface area contributed by atoms with E-state index in [-0.39, 0.29) is 0 Å². The first kappa shape index (κ1) is 7.03. The van der Waals surface area contributed by atoms with E-state index in [4.69, 9.17) is 0 Å². The van der Waals surface area contributed by atoms with E-state index in [0.29, 0.717) is 0 Å².